The summed E-state index contributed by atoms with van der Waals surface area (Å²) < 4.78 is 14.9. The van der Waals surface area contributed by atoms with Crippen molar-refractivity contribution in [1.29, 1.82) is 0 Å². The van der Waals surface area contributed by atoms with Gasteiger partial charge in [0.15, 0.2) is 5.43 Å². The normalized spacial score (nSPS) is 10.6. The van der Waals surface area contributed by atoms with E-state index in [-0.39, 0.29) is 17.5 Å². The van der Waals surface area contributed by atoms with Gasteiger partial charge in [0.1, 0.15) is 17.4 Å². The molecule has 0 bridgehead atoms. The van der Waals surface area contributed by atoms with Crippen LogP contribution >= 0.6 is 0 Å². The van der Waals surface area contributed by atoms with Gasteiger partial charge < -0.3 is 20.1 Å². The Morgan fingerprint density at radius 3 is 1.43 bits per heavy atom. The third-order valence-corrected chi connectivity index (χ3v) is 10.2. The molecule has 0 aliphatic carbocycles. The van der Waals surface area contributed by atoms with Crippen LogP contribution in [0.3, 0.4) is 0 Å². The molecule has 9 aromatic rings. The molecule has 9 rings (SSSR count). The molecule has 5 aromatic carbocycles. The maximum atomic E-state index is 13.9. The number of benzene rings is 5. The highest BCUT2D eigenvalue weighted by Crippen LogP contribution is 2.35. The predicted molar refractivity (Wildman–Crippen MR) is 258 cm³/mol. The Labute approximate surface area is 367 Å². The molecule has 0 saturated carbocycles. The number of aromatic nitrogens is 4. The Kier molecular flexibility index (Phi) is 13.8. The molecule has 0 atom stereocenters. The number of fused-ring (bicyclic) bond motifs is 2. The van der Waals surface area contributed by atoms with E-state index < -0.39 is 0 Å². The Hall–Kier alpha value is -7.82. The highest BCUT2D eigenvalue weighted by Gasteiger charge is 2.22. The van der Waals surface area contributed by atoms with Crippen LogP contribution in [0.2, 0.25) is 0 Å². The van der Waals surface area contributed by atoms with Crippen LogP contribution in [0, 0.1) is 13.8 Å². The Bertz CT molecular complexity index is 3060. The van der Waals surface area contributed by atoms with E-state index in [1.54, 1.807) is 26.6 Å². The van der Waals surface area contributed by atoms with Gasteiger partial charge in [-0.2, -0.15) is 0 Å². The minimum Gasteiger partial charge on any atom is -0.497 e. The fourth-order valence-electron chi connectivity index (χ4n) is 7.37. The van der Waals surface area contributed by atoms with Crippen molar-refractivity contribution in [3.05, 3.63) is 208 Å². The van der Waals surface area contributed by atoms with Gasteiger partial charge in [-0.05, 0) is 92.2 Å². The van der Waals surface area contributed by atoms with E-state index >= 15 is 0 Å². The highest BCUT2D eigenvalue weighted by molar-refractivity contribution is 5.93. The number of anilines is 4. The molecule has 2 N–H and O–H groups in total. The molecular weight excluding hydrogens is 785 g/mol. The topological polar surface area (TPSA) is 112 Å². The van der Waals surface area contributed by atoms with Crippen molar-refractivity contribution >= 4 is 44.8 Å². The van der Waals surface area contributed by atoms with Crippen LogP contribution < -0.4 is 26.2 Å². The quantitative estimate of drug-likeness (QED) is 0.140. The lowest BCUT2D eigenvalue weighted by Crippen LogP contribution is -2.20. The lowest BCUT2D eigenvalue weighted by atomic mass is 10.0. The van der Waals surface area contributed by atoms with Gasteiger partial charge in [-0.3, -0.25) is 28.7 Å². The number of hydrogen-bond donors (Lipinski definition) is 2. The number of pyridine rings is 4. The van der Waals surface area contributed by atoms with Gasteiger partial charge >= 0.3 is 0 Å². The first-order valence-corrected chi connectivity index (χ1v) is 20.8. The van der Waals surface area contributed by atoms with Gasteiger partial charge in [0.25, 0.3) is 0 Å². The van der Waals surface area contributed by atoms with Crippen LogP contribution in [-0.2, 0) is 11.3 Å². The molecule has 0 amide bonds. The zero-order chi connectivity index (χ0) is 44.3. The average Bonchev–Trinajstić information content (AvgIpc) is 3.32. The molecule has 0 aliphatic rings. The minimum absolute atomic E-state index is 0.0741. The first kappa shape index (κ1) is 43.3. The van der Waals surface area contributed by atoms with Crippen LogP contribution in [0.1, 0.15) is 30.8 Å². The number of methoxy groups -OCH3 is 2. The summed E-state index contributed by atoms with van der Waals surface area (Å²) in [6.07, 6.45) is 3.32. The van der Waals surface area contributed by atoms with Crippen molar-refractivity contribution in [3.8, 4) is 28.3 Å². The van der Waals surface area contributed by atoms with Gasteiger partial charge in [0.05, 0.1) is 46.6 Å². The Morgan fingerprint density at radius 1 is 0.540 bits per heavy atom. The molecule has 0 aliphatic heterocycles. The van der Waals surface area contributed by atoms with Gasteiger partial charge in [0, 0.05) is 53.6 Å². The van der Waals surface area contributed by atoms with Crippen molar-refractivity contribution in [2.45, 2.75) is 34.3 Å². The molecular formula is C53H50N6O4. The summed E-state index contributed by atoms with van der Waals surface area (Å²) >= 11 is 0. The number of nitrogens with one attached hydrogen (secondary N) is 2. The molecule has 0 unspecified atom stereocenters. The van der Waals surface area contributed by atoms with Crippen molar-refractivity contribution < 1.29 is 9.47 Å². The van der Waals surface area contributed by atoms with Crippen molar-refractivity contribution in [3.63, 3.8) is 0 Å². The summed E-state index contributed by atoms with van der Waals surface area (Å²) in [5.74, 6) is 2.13. The molecule has 63 heavy (non-hydrogen) atoms. The van der Waals surface area contributed by atoms with Crippen molar-refractivity contribution in [1.82, 2.24) is 19.1 Å². The highest BCUT2D eigenvalue weighted by atomic mass is 16.5. The van der Waals surface area contributed by atoms with Crippen molar-refractivity contribution in [2.24, 2.45) is 0 Å². The third-order valence-electron chi connectivity index (χ3n) is 10.2. The second-order valence-electron chi connectivity index (χ2n) is 14.4. The fraction of sp³-hybridized carbons (Fsp3) is 0.132. The third kappa shape index (κ3) is 9.41. The van der Waals surface area contributed by atoms with E-state index in [9.17, 15) is 9.59 Å². The monoisotopic (exact) mass is 834 g/mol. The number of nitrogens with zero attached hydrogens (tertiary/aromatic N) is 4. The first-order chi connectivity index (χ1) is 30.8. The number of rotatable bonds is 10. The molecule has 10 nitrogen and oxygen atoms in total. The van der Waals surface area contributed by atoms with Crippen LogP contribution in [0.4, 0.5) is 23.0 Å². The number of aryl methyl sites for hydroxylation is 2. The van der Waals surface area contributed by atoms with Crippen LogP contribution in [0.15, 0.2) is 180 Å². The van der Waals surface area contributed by atoms with E-state index in [0.717, 1.165) is 56.5 Å². The fourth-order valence-corrected chi connectivity index (χ4v) is 7.37. The Balaban J connectivity index is 0.000000184. The zero-order valence-corrected chi connectivity index (χ0v) is 36.3. The van der Waals surface area contributed by atoms with Crippen LogP contribution in [0.25, 0.3) is 44.3 Å². The number of para-hydroxylation sites is 4. The standard InChI is InChI=1S/C28H23N3O2.C23H21N3O2.C2H6/c1-19-17-25-24(18-29-19)27(32)26(20-13-15-23(33-2)16-14-20)28(30-21-9-5-3-6-10-21)31(25)22-11-7-4-8-12-22;1-16-13-21-19(14-24-16)22(27)20(15-28-2)23(25-17-9-5-3-6-10-17)26(21)18-11-7-4-8-12-18;1-2/h3-18,30H,1-2H3;3-14,25H,15H2,1-2H3;1-2H3. The molecule has 4 heterocycles. The second-order valence-corrected chi connectivity index (χ2v) is 14.4. The second kappa shape index (κ2) is 20.2. The molecule has 0 spiro atoms. The summed E-state index contributed by atoms with van der Waals surface area (Å²) in [7, 11) is 3.22. The SMILES string of the molecule is CC.COCc1c(Nc2ccccc2)n(-c2ccccc2)c2cc(C)ncc2c1=O.COc1ccc(-c2c(Nc3ccccc3)n(-c3ccccc3)c3cc(C)ncc3c2=O)cc1. The van der Waals surface area contributed by atoms with E-state index in [0.29, 0.717) is 33.5 Å². The summed E-state index contributed by atoms with van der Waals surface area (Å²) in [4.78, 5) is 35.9. The summed E-state index contributed by atoms with van der Waals surface area (Å²) in [6, 6.07) is 51.2. The van der Waals surface area contributed by atoms with E-state index in [1.807, 2.05) is 185 Å². The van der Waals surface area contributed by atoms with Gasteiger partial charge in [0.2, 0.25) is 5.43 Å². The summed E-state index contributed by atoms with van der Waals surface area (Å²) in [6.45, 7) is 8.05. The number of ether oxygens (including phenoxy) is 2. The Morgan fingerprint density at radius 2 is 0.968 bits per heavy atom. The molecule has 10 heteroatoms. The largest absolute Gasteiger partial charge is 0.497 e. The van der Waals surface area contributed by atoms with Gasteiger partial charge in [-0.15, -0.1) is 0 Å². The number of hydrogen-bond acceptors (Lipinski definition) is 8. The summed E-state index contributed by atoms with van der Waals surface area (Å²) in [5, 5.41) is 8.10. The lowest BCUT2D eigenvalue weighted by molar-refractivity contribution is 0.184. The maximum absolute atomic E-state index is 13.9. The average molecular weight is 835 g/mol. The lowest BCUT2D eigenvalue weighted by Gasteiger charge is -2.22. The van der Waals surface area contributed by atoms with Crippen molar-refractivity contribution in [2.75, 3.05) is 24.9 Å². The van der Waals surface area contributed by atoms with Crippen LogP contribution in [-0.4, -0.2) is 33.3 Å². The van der Waals surface area contributed by atoms with Gasteiger partial charge in [-0.1, -0.05) is 98.8 Å². The van der Waals surface area contributed by atoms with E-state index in [4.69, 9.17) is 9.47 Å². The van der Waals surface area contributed by atoms with Gasteiger partial charge in [-0.25, -0.2) is 0 Å². The van der Waals surface area contributed by atoms with E-state index in [2.05, 4.69) is 29.7 Å². The molecule has 0 fully saturated rings. The van der Waals surface area contributed by atoms with E-state index in [1.165, 1.54) is 0 Å². The minimum atomic E-state index is -0.0757. The molecule has 0 saturated heterocycles. The molecule has 4 aromatic heterocycles. The maximum Gasteiger partial charge on any atom is 0.200 e. The smallest absolute Gasteiger partial charge is 0.200 e. The van der Waals surface area contributed by atoms with Crippen LogP contribution in [0.5, 0.6) is 5.75 Å². The molecule has 316 valence electrons. The summed E-state index contributed by atoms with van der Waals surface area (Å²) in [5.41, 5.74) is 8.77. The predicted octanol–water partition coefficient (Wildman–Crippen LogP) is 11.7. The zero-order valence-electron chi connectivity index (χ0n) is 36.3. The molecule has 0 radical (unpaired) electrons. The first-order valence-electron chi connectivity index (χ1n) is 20.8.